The molecular weight excluding hydrogens is 378 g/mol. The Morgan fingerprint density at radius 3 is 2.30 bits per heavy atom. The number of likely N-dealkylation sites (tertiary alicyclic amines) is 1. The van der Waals surface area contributed by atoms with E-state index in [1.165, 1.54) is 5.56 Å². The van der Waals surface area contributed by atoms with Crippen LogP contribution in [0.4, 0.5) is 5.69 Å². The average Bonchev–Trinajstić information content (AvgIpc) is 2.81. The second-order valence-corrected chi connectivity index (χ2v) is 7.98. The fraction of sp³-hybridized carbons (Fsp3) is 0.417. The molecular formula is C24H29N3O3. The van der Waals surface area contributed by atoms with E-state index in [1.807, 2.05) is 24.3 Å². The number of hydrogen-bond acceptors (Lipinski definition) is 4. The Kier molecular flexibility index (Phi) is 6.77. The first kappa shape index (κ1) is 20.6. The van der Waals surface area contributed by atoms with Crippen LogP contribution in [-0.4, -0.2) is 61.0 Å². The lowest BCUT2D eigenvalue weighted by Gasteiger charge is -2.31. The van der Waals surface area contributed by atoms with Crippen LogP contribution in [0.25, 0.3) is 0 Å². The predicted octanol–water partition coefficient (Wildman–Crippen LogP) is 3.01. The van der Waals surface area contributed by atoms with Gasteiger partial charge in [-0.25, -0.2) is 0 Å². The summed E-state index contributed by atoms with van der Waals surface area (Å²) >= 11 is 0. The highest BCUT2D eigenvalue weighted by Gasteiger charge is 2.27. The number of rotatable bonds is 5. The van der Waals surface area contributed by atoms with Crippen molar-refractivity contribution in [3.8, 4) is 0 Å². The molecule has 2 saturated heterocycles. The summed E-state index contributed by atoms with van der Waals surface area (Å²) in [4.78, 5) is 30.0. The highest BCUT2D eigenvalue weighted by molar-refractivity contribution is 6.04. The molecule has 0 aromatic heterocycles. The maximum Gasteiger partial charge on any atom is 0.256 e. The van der Waals surface area contributed by atoms with Crippen molar-refractivity contribution < 1.29 is 14.3 Å². The van der Waals surface area contributed by atoms with E-state index in [0.717, 1.165) is 32.5 Å². The van der Waals surface area contributed by atoms with Gasteiger partial charge in [0.1, 0.15) is 0 Å². The molecule has 2 amide bonds. The predicted molar refractivity (Wildman–Crippen MR) is 116 cm³/mol. The van der Waals surface area contributed by atoms with Crippen molar-refractivity contribution in [2.75, 3.05) is 44.7 Å². The fourth-order valence-corrected chi connectivity index (χ4v) is 4.15. The highest BCUT2D eigenvalue weighted by atomic mass is 16.5. The zero-order chi connectivity index (χ0) is 20.8. The number of amides is 2. The van der Waals surface area contributed by atoms with Gasteiger partial charge in [-0.05, 0) is 43.6 Å². The van der Waals surface area contributed by atoms with Gasteiger partial charge in [-0.1, -0.05) is 42.5 Å². The minimum absolute atomic E-state index is 0.0107. The van der Waals surface area contributed by atoms with Crippen LogP contribution in [-0.2, 0) is 16.1 Å². The third-order valence-corrected chi connectivity index (χ3v) is 5.92. The number of benzene rings is 2. The maximum absolute atomic E-state index is 12.9. The zero-order valence-electron chi connectivity index (χ0n) is 17.3. The van der Waals surface area contributed by atoms with Crippen molar-refractivity contribution in [3.05, 3.63) is 65.7 Å². The summed E-state index contributed by atoms with van der Waals surface area (Å²) in [5, 5.41) is 3.03. The first-order valence-electron chi connectivity index (χ1n) is 10.7. The fourth-order valence-electron chi connectivity index (χ4n) is 4.15. The van der Waals surface area contributed by atoms with E-state index in [-0.39, 0.29) is 17.7 Å². The van der Waals surface area contributed by atoms with Gasteiger partial charge in [-0.3, -0.25) is 14.5 Å². The van der Waals surface area contributed by atoms with Gasteiger partial charge < -0.3 is 15.0 Å². The molecule has 2 heterocycles. The molecule has 2 aliphatic heterocycles. The van der Waals surface area contributed by atoms with Crippen LogP contribution in [0.3, 0.4) is 0 Å². The van der Waals surface area contributed by atoms with Crippen LogP contribution in [0.5, 0.6) is 0 Å². The number of nitrogens with one attached hydrogen (secondary N) is 1. The normalized spacial score (nSPS) is 18.2. The van der Waals surface area contributed by atoms with Gasteiger partial charge in [0.05, 0.1) is 24.5 Å². The quantitative estimate of drug-likeness (QED) is 0.828. The first-order valence-corrected chi connectivity index (χ1v) is 10.7. The van der Waals surface area contributed by atoms with E-state index in [9.17, 15) is 9.59 Å². The van der Waals surface area contributed by atoms with Crippen molar-refractivity contribution in [2.24, 2.45) is 5.92 Å². The van der Waals surface area contributed by atoms with Crippen molar-refractivity contribution in [3.63, 3.8) is 0 Å². The molecule has 2 aliphatic rings. The smallest absolute Gasteiger partial charge is 0.256 e. The molecule has 4 rings (SSSR count). The minimum atomic E-state index is -0.0492. The molecule has 0 spiro atoms. The van der Waals surface area contributed by atoms with E-state index in [4.69, 9.17) is 4.74 Å². The third-order valence-electron chi connectivity index (χ3n) is 5.92. The van der Waals surface area contributed by atoms with Crippen LogP contribution >= 0.6 is 0 Å². The number of morpholine rings is 1. The van der Waals surface area contributed by atoms with Crippen LogP contribution in [0, 0.1) is 5.92 Å². The van der Waals surface area contributed by atoms with E-state index in [1.54, 1.807) is 11.0 Å². The zero-order valence-corrected chi connectivity index (χ0v) is 17.3. The van der Waals surface area contributed by atoms with Crippen molar-refractivity contribution >= 4 is 17.5 Å². The summed E-state index contributed by atoms with van der Waals surface area (Å²) in [6, 6.07) is 17.7. The topological polar surface area (TPSA) is 61.9 Å². The second kappa shape index (κ2) is 9.87. The van der Waals surface area contributed by atoms with Gasteiger partial charge in [-0.15, -0.1) is 0 Å². The molecule has 6 heteroatoms. The molecule has 0 unspecified atom stereocenters. The van der Waals surface area contributed by atoms with E-state index in [0.29, 0.717) is 37.6 Å². The summed E-state index contributed by atoms with van der Waals surface area (Å²) in [7, 11) is 0. The van der Waals surface area contributed by atoms with Gasteiger partial charge in [0, 0.05) is 25.6 Å². The molecule has 0 aliphatic carbocycles. The van der Waals surface area contributed by atoms with Crippen molar-refractivity contribution in [1.82, 2.24) is 9.80 Å². The SMILES string of the molecule is O=C(Nc1ccccc1C(=O)N1CCOCC1)C1CCN(Cc2ccccc2)CC1. The lowest BCUT2D eigenvalue weighted by Crippen LogP contribution is -2.41. The summed E-state index contributed by atoms with van der Waals surface area (Å²) in [5.41, 5.74) is 2.45. The number of para-hydroxylation sites is 1. The summed E-state index contributed by atoms with van der Waals surface area (Å²) in [5.74, 6) is -0.0629. The number of piperidine rings is 1. The van der Waals surface area contributed by atoms with E-state index in [2.05, 4.69) is 34.5 Å². The molecule has 158 valence electrons. The Labute approximate surface area is 177 Å². The Bertz CT molecular complexity index is 857. The number of hydrogen-bond donors (Lipinski definition) is 1. The third kappa shape index (κ3) is 5.07. The van der Waals surface area contributed by atoms with Gasteiger partial charge in [0.2, 0.25) is 5.91 Å². The Morgan fingerprint density at radius 2 is 1.57 bits per heavy atom. The van der Waals surface area contributed by atoms with Gasteiger partial charge in [-0.2, -0.15) is 0 Å². The van der Waals surface area contributed by atoms with E-state index >= 15 is 0 Å². The molecule has 2 fully saturated rings. The molecule has 0 radical (unpaired) electrons. The second-order valence-electron chi connectivity index (χ2n) is 7.98. The Morgan fingerprint density at radius 1 is 0.900 bits per heavy atom. The summed E-state index contributed by atoms with van der Waals surface area (Å²) < 4.78 is 5.34. The number of nitrogens with zero attached hydrogens (tertiary/aromatic N) is 2. The molecule has 30 heavy (non-hydrogen) atoms. The number of anilines is 1. The van der Waals surface area contributed by atoms with E-state index < -0.39 is 0 Å². The van der Waals surface area contributed by atoms with Crippen LogP contribution < -0.4 is 5.32 Å². The molecule has 0 saturated carbocycles. The number of ether oxygens (including phenoxy) is 1. The van der Waals surface area contributed by atoms with Crippen molar-refractivity contribution in [2.45, 2.75) is 19.4 Å². The van der Waals surface area contributed by atoms with Gasteiger partial charge in [0.15, 0.2) is 0 Å². The van der Waals surface area contributed by atoms with Crippen molar-refractivity contribution in [1.29, 1.82) is 0 Å². The minimum Gasteiger partial charge on any atom is -0.378 e. The monoisotopic (exact) mass is 407 g/mol. The standard InChI is InChI=1S/C24H29N3O3/c28-23(20-10-12-26(13-11-20)18-19-6-2-1-3-7-19)25-22-9-5-4-8-21(22)24(29)27-14-16-30-17-15-27/h1-9,20H,10-18H2,(H,25,28). The summed E-state index contributed by atoms with van der Waals surface area (Å²) in [6.07, 6.45) is 1.66. The summed E-state index contributed by atoms with van der Waals surface area (Å²) in [6.45, 7) is 5.01. The molecule has 6 nitrogen and oxygen atoms in total. The molecule has 2 aromatic carbocycles. The Hall–Kier alpha value is -2.70. The van der Waals surface area contributed by atoms with Crippen LogP contribution in [0.2, 0.25) is 0 Å². The molecule has 1 N–H and O–H groups in total. The highest BCUT2D eigenvalue weighted by Crippen LogP contribution is 2.23. The maximum atomic E-state index is 12.9. The molecule has 2 aromatic rings. The number of carbonyl (C=O) groups excluding carboxylic acids is 2. The van der Waals surface area contributed by atoms with Gasteiger partial charge >= 0.3 is 0 Å². The van der Waals surface area contributed by atoms with Crippen LogP contribution in [0.1, 0.15) is 28.8 Å². The first-order chi connectivity index (χ1) is 14.7. The average molecular weight is 408 g/mol. The van der Waals surface area contributed by atoms with Crippen LogP contribution in [0.15, 0.2) is 54.6 Å². The lowest BCUT2D eigenvalue weighted by atomic mass is 9.95. The molecule has 0 bridgehead atoms. The Balaban J connectivity index is 1.34. The number of carbonyl (C=O) groups is 2. The van der Waals surface area contributed by atoms with Gasteiger partial charge in [0.25, 0.3) is 5.91 Å². The molecule has 0 atom stereocenters. The lowest BCUT2D eigenvalue weighted by molar-refractivity contribution is -0.121. The largest absolute Gasteiger partial charge is 0.378 e.